The first-order valence-corrected chi connectivity index (χ1v) is 8.78. The van der Waals surface area contributed by atoms with E-state index in [1.165, 1.54) is 17.3 Å². The Hall–Kier alpha value is -2.91. The van der Waals surface area contributed by atoms with Gasteiger partial charge in [-0.15, -0.1) is 0 Å². The molecule has 1 aliphatic rings. The molecule has 2 rings (SSSR count). The average Bonchev–Trinajstić information content (AvgIpc) is 2.86. The molecular weight excluding hydrogens is 369 g/mol. The van der Waals surface area contributed by atoms with E-state index in [2.05, 4.69) is 20.6 Å². The van der Waals surface area contributed by atoms with Crippen molar-refractivity contribution in [2.24, 2.45) is 0 Å². The van der Waals surface area contributed by atoms with Gasteiger partial charge in [0.2, 0.25) is 5.95 Å². The van der Waals surface area contributed by atoms with Crippen LogP contribution < -0.4 is 20.3 Å². The van der Waals surface area contributed by atoms with Crippen LogP contribution in [0.15, 0.2) is 24.3 Å². The van der Waals surface area contributed by atoms with Crippen molar-refractivity contribution < 1.29 is 23.5 Å². The Morgan fingerprint density at radius 3 is 2.54 bits per heavy atom. The van der Waals surface area contributed by atoms with Crippen molar-refractivity contribution in [1.82, 2.24) is 20.6 Å². The largest absolute Gasteiger partial charge is 0.486 e. The van der Waals surface area contributed by atoms with Gasteiger partial charge in [0.25, 0.3) is 0 Å². The molecule has 0 aliphatic carbocycles. The van der Waals surface area contributed by atoms with Crippen molar-refractivity contribution in [2.45, 2.75) is 45.8 Å². The summed E-state index contributed by atoms with van der Waals surface area (Å²) in [6.45, 7) is 9.28. The minimum atomic E-state index is -0.647. The summed E-state index contributed by atoms with van der Waals surface area (Å²) in [4.78, 5) is 33.2. The maximum atomic E-state index is 13.0. The summed E-state index contributed by atoms with van der Waals surface area (Å²) in [5.74, 6) is 0.558. The highest BCUT2D eigenvalue weighted by Crippen LogP contribution is 2.20. The smallest absolute Gasteiger partial charge is 0.407 e. The van der Waals surface area contributed by atoms with Gasteiger partial charge in [0.15, 0.2) is 5.75 Å². The van der Waals surface area contributed by atoms with Gasteiger partial charge < -0.3 is 20.1 Å². The van der Waals surface area contributed by atoms with Crippen LogP contribution >= 0.6 is 0 Å². The van der Waals surface area contributed by atoms with Gasteiger partial charge >= 0.3 is 12.1 Å². The Labute approximate surface area is 163 Å². The van der Waals surface area contributed by atoms with Crippen LogP contribution in [0.2, 0.25) is 0 Å². The molecule has 3 amide bonds. The van der Waals surface area contributed by atoms with Gasteiger partial charge in [0.05, 0.1) is 30.8 Å². The molecule has 1 saturated heterocycles. The monoisotopic (exact) mass is 395 g/mol. The van der Waals surface area contributed by atoms with Gasteiger partial charge in [-0.05, 0) is 34.6 Å². The van der Waals surface area contributed by atoms with Crippen LogP contribution in [-0.4, -0.2) is 52.9 Å². The van der Waals surface area contributed by atoms with Gasteiger partial charge in [-0.25, -0.2) is 23.9 Å². The summed E-state index contributed by atoms with van der Waals surface area (Å²) in [5.41, 5.74) is -0.797. The molecule has 0 radical (unpaired) electrons. The van der Waals surface area contributed by atoms with Crippen LogP contribution in [0.5, 0.6) is 5.75 Å². The summed E-state index contributed by atoms with van der Waals surface area (Å²) < 4.78 is 23.5. The van der Waals surface area contributed by atoms with Crippen LogP contribution in [0.25, 0.3) is 0 Å². The Morgan fingerprint density at radius 2 is 2.04 bits per heavy atom. The van der Waals surface area contributed by atoms with Crippen LogP contribution in [0.4, 0.5) is 19.9 Å². The predicted octanol–water partition coefficient (Wildman–Crippen LogP) is 2.54. The fourth-order valence-corrected chi connectivity index (χ4v) is 2.35. The van der Waals surface area contributed by atoms with Crippen LogP contribution in [-0.2, 0) is 4.74 Å². The molecule has 1 aromatic heterocycles. The van der Waals surface area contributed by atoms with E-state index in [1.54, 1.807) is 20.8 Å². The number of ether oxygens (including phenoxy) is 2. The van der Waals surface area contributed by atoms with Crippen LogP contribution in [0, 0.1) is 0 Å². The number of aromatic nitrogens is 2. The molecule has 2 heterocycles. The number of hydrogen-bond acceptors (Lipinski definition) is 6. The van der Waals surface area contributed by atoms with E-state index in [-0.39, 0.29) is 36.2 Å². The lowest BCUT2D eigenvalue weighted by Gasteiger charge is -2.20. The number of nitrogens with zero attached hydrogens (tertiary/aromatic N) is 3. The third-order valence-corrected chi connectivity index (χ3v) is 3.54. The number of nitrogens with one attached hydrogen (secondary N) is 2. The first kappa shape index (κ1) is 21.4. The zero-order valence-corrected chi connectivity index (χ0v) is 16.7. The van der Waals surface area contributed by atoms with Crippen molar-refractivity contribution in [2.75, 3.05) is 24.6 Å². The van der Waals surface area contributed by atoms with E-state index in [4.69, 9.17) is 9.47 Å². The van der Waals surface area contributed by atoms with Crippen molar-refractivity contribution >= 4 is 18.1 Å². The van der Waals surface area contributed by atoms with E-state index in [0.29, 0.717) is 18.6 Å². The Kier molecular flexibility index (Phi) is 6.42. The van der Waals surface area contributed by atoms with Gasteiger partial charge in [0, 0.05) is 12.1 Å². The number of anilines is 1. The summed E-state index contributed by atoms with van der Waals surface area (Å²) in [5, 5.41) is 5.28. The molecule has 0 spiro atoms. The highest BCUT2D eigenvalue weighted by molar-refractivity contribution is 5.93. The number of halogens is 1. The minimum absolute atomic E-state index is 0.0621. The van der Waals surface area contributed by atoms with Crippen LogP contribution in [0.3, 0.4) is 0 Å². The molecule has 2 N–H and O–H groups in total. The zero-order valence-electron chi connectivity index (χ0n) is 16.7. The molecular formula is C18H26FN5O4. The molecule has 0 bridgehead atoms. The second kappa shape index (κ2) is 8.41. The molecule has 1 aliphatic heterocycles. The minimum Gasteiger partial charge on any atom is -0.486 e. The normalized spacial score (nSPS) is 16.6. The fourth-order valence-electron chi connectivity index (χ4n) is 2.35. The second-order valence-corrected chi connectivity index (χ2v) is 8.03. The van der Waals surface area contributed by atoms with E-state index in [9.17, 15) is 14.0 Å². The number of rotatable bonds is 6. The maximum Gasteiger partial charge on any atom is 0.407 e. The topological polar surface area (TPSA) is 106 Å². The molecule has 0 saturated carbocycles. The number of carbonyl (C=O) groups is 2. The van der Waals surface area contributed by atoms with E-state index >= 15 is 0 Å². The molecule has 28 heavy (non-hydrogen) atoms. The van der Waals surface area contributed by atoms with Crippen molar-refractivity contribution in [1.29, 1.82) is 0 Å². The third kappa shape index (κ3) is 6.36. The first-order valence-electron chi connectivity index (χ1n) is 8.78. The molecule has 10 heteroatoms. The SMILES string of the molecule is CC1(C)CN(c2ncc(OC/C(=C/F)CNC(=O)OC(C)(C)C)cn2)C(=O)N1. The van der Waals surface area contributed by atoms with Gasteiger partial charge in [0.1, 0.15) is 12.2 Å². The molecule has 0 unspecified atom stereocenters. The highest BCUT2D eigenvalue weighted by atomic mass is 19.1. The van der Waals surface area contributed by atoms with E-state index in [1.807, 2.05) is 13.8 Å². The average molecular weight is 395 g/mol. The van der Waals surface area contributed by atoms with E-state index < -0.39 is 11.7 Å². The summed E-state index contributed by atoms with van der Waals surface area (Å²) in [6, 6.07) is -0.269. The standard InChI is InChI=1S/C18H26FN5O4/c1-17(2,3)28-16(26)22-7-12(6-19)10-27-13-8-20-14(21-9-13)24-11-18(4,5)23-15(24)25/h6,8-9H,7,10-11H2,1-5H3,(H,22,26)(H,23,25)/b12-6+. The van der Waals surface area contributed by atoms with Crippen molar-refractivity contribution in [3.63, 3.8) is 0 Å². The fraction of sp³-hybridized carbons (Fsp3) is 0.556. The number of amides is 3. The Balaban J connectivity index is 1.85. The molecule has 154 valence electrons. The lowest BCUT2D eigenvalue weighted by atomic mass is 10.1. The Morgan fingerprint density at radius 1 is 1.39 bits per heavy atom. The first-order chi connectivity index (χ1) is 13.0. The second-order valence-electron chi connectivity index (χ2n) is 8.03. The number of alkyl carbamates (subject to hydrolysis) is 1. The quantitative estimate of drug-likeness (QED) is 0.767. The number of urea groups is 1. The third-order valence-electron chi connectivity index (χ3n) is 3.54. The van der Waals surface area contributed by atoms with E-state index in [0.717, 1.165) is 0 Å². The Bertz CT molecular complexity index is 743. The zero-order chi connectivity index (χ0) is 20.9. The summed E-state index contributed by atoms with van der Waals surface area (Å²) in [7, 11) is 0. The molecule has 9 nitrogen and oxygen atoms in total. The lowest BCUT2D eigenvalue weighted by molar-refractivity contribution is 0.0531. The molecule has 0 atom stereocenters. The summed E-state index contributed by atoms with van der Waals surface area (Å²) in [6.07, 6.45) is 2.52. The highest BCUT2D eigenvalue weighted by Gasteiger charge is 2.36. The predicted molar refractivity (Wildman–Crippen MR) is 101 cm³/mol. The van der Waals surface area contributed by atoms with Gasteiger partial charge in [-0.3, -0.25) is 4.90 Å². The number of carbonyl (C=O) groups excluding carboxylic acids is 2. The van der Waals surface area contributed by atoms with Gasteiger partial charge in [-0.1, -0.05) is 0 Å². The summed E-state index contributed by atoms with van der Waals surface area (Å²) >= 11 is 0. The van der Waals surface area contributed by atoms with Gasteiger partial charge in [-0.2, -0.15) is 0 Å². The number of hydrogen-bond donors (Lipinski definition) is 2. The van der Waals surface area contributed by atoms with Crippen molar-refractivity contribution in [3.05, 3.63) is 24.3 Å². The molecule has 1 aromatic rings. The van der Waals surface area contributed by atoms with Crippen molar-refractivity contribution in [3.8, 4) is 5.75 Å². The van der Waals surface area contributed by atoms with Crippen LogP contribution in [0.1, 0.15) is 34.6 Å². The maximum absolute atomic E-state index is 13.0. The molecule has 0 aromatic carbocycles. The lowest BCUT2D eigenvalue weighted by Crippen LogP contribution is -2.36. The molecule has 1 fully saturated rings.